The molecule has 1 aliphatic rings. The summed E-state index contributed by atoms with van der Waals surface area (Å²) >= 11 is 0. The number of nitrogens with one attached hydrogen (secondary N) is 1. The Balaban J connectivity index is 2.98. The van der Waals surface area contributed by atoms with Crippen molar-refractivity contribution >= 4 is 10.2 Å². The maximum Gasteiger partial charge on any atom is 0.402 e. The molecule has 0 saturated heterocycles. The molecule has 1 aliphatic heterocycles. The average molecular weight is 151 g/mol. The van der Waals surface area contributed by atoms with Gasteiger partial charge in [0.25, 0.3) is 0 Å². The Kier molecular flexibility index (Phi) is 1.26. The molecule has 0 aromatic heterocycles. The zero-order valence-corrected chi connectivity index (χ0v) is 4.74. The minimum absolute atomic E-state index is 1.72. The van der Waals surface area contributed by atoms with E-state index in [0.717, 1.165) is 0 Å². The summed E-state index contributed by atoms with van der Waals surface area (Å²) in [7, 11) is -3.89. The monoisotopic (exact) mass is 151 g/mol. The Morgan fingerprint density at radius 1 is 1.33 bits per heavy atom. The van der Waals surface area contributed by atoms with Crippen LogP contribution in [0.4, 0.5) is 0 Å². The summed E-state index contributed by atoms with van der Waals surface area (Å²) in [6.45, 7) is 0. The highest BCUT2D eigenvalue weighted by Gasteiger charge is 2.06. The molecule has 0 aliphatic carbocycles. The smallest absolute Gasteiger partial charge is 0.230 e. The Hall–Kier alpha value is -1.25. The Labute approximate surface area is 49.7 Å². The van der Waals surface area contributed by atoms with Crippen LogP contribution in [0.1, 0.15) is 0 Å². The summed E-state index contributed by atoms with van der Waals surface area (Å²) < 4.78 is 25.7. The minimum atomic E-state index is -3.89. The molecular formula is HN5O3S. The fourth-order valence-electron chi connectivity index (χ4n) is 0.180. The minimum Gasteiger partial charge on any atom is -0.230 e. The third-order valence-electron chi connectivity index (χ3n) is 0.403. The lowest BCUT2D eigenvalue weighted by Gasteiger charge is -1.81. The van der Waals surface area contributed by atoms with E-state index in [1.54, 1.807) is 5.59 Å². The van der Waals surface area contributed by atoms with E-state index in [4.69, 9.17) is 0 Å². The molecule has 0 bridgehead atoms. The van der Waals surface area contributed by atoms with Crippen LogP contribution >= 0.6 is 0 Å². The van der Waals surface area contributed by atoms with Gasteiger partial charge >= 0.3 is 10.2 Å². The Bertz CT molecular complexity index is 215. The molecular weight excluding hydrogens is 150 g/mol. The van der Waals surface area contributed by atoms with Crippen molar-refractivity contribution in [3.63, 3.8) is 0 Å². The molecule has 0 atom stereocenters. The van der Waals surface area contributed by atoms with Crippen LogP contribution in [0.2, 0.25) is 0 Å². The summed E-state index contributed by atoms with van der Waals surface area (Å²) in [5.41, 5.74) is 1.72. The highest BCUT2D eigenvalue weighted by Crippen LogP contribution is 1.97. The number of hydrogen-bond donors (Lipinski definition) is 1. The van der Waals surface area contributed by atoms with Crippen molar-refractivity contribution in [2.75, 3.05) is 0 Å². The van der Waals surface area contributed by atoms with E-state index in [9.17, 15) is 8.42 Å². The van der Waals surface area contributed by atoms with Crippen LogP contribution in [0.25, 0.3) is 0 Å². The third-order valence-corrected chi connectivity index (χ3v) is 0.964. The van der Waals surface area contributed by atoms with Crippen LogP contribution in [-0.2, 0) is 15.1 Å². The summed E-state index contributed by atoms with van der Waals surface area (Å²) in [5, 5.41) is 5.46. The zero-order chi connectivity index (χ0) is 6.74. The lowest BCUT2D eigenvalue weighted by atomic mass is 12.6. The van der Waals surface area contributed by atoms with Crippen molar-refractivity contribution in [1.29, 1.82) is 0 Å². The molecule has 9 heavy (non-hydrogen) atoms. The molecule has 0 radical (unpaired) electrons. The summed E-state index contributed by atoms with van der Waals surface area (Å²) in [6, 6.07) is 0. The molecule has 8 nitrogen and oxygen atoms in total. The molecule has 1 N–H and O–H groups in total. The quantitative estimate of drug-likeness (QED) is 0.503. The molecule has 1 heterocycles. The van der Waals surface area contributed by atoms with Gasteiger partial charge in [0.15, 0.2) is 0 Å². The van der Waals surface area contributed by atoms with Gasteiger partial charge in [-0.05, 0) is 9.74 Å². The van der Waals surface area contributed by atoms with Crippen molar-refractivity contribution in [3.05, 3.63) is 0 Å². The maximum absolute atomic E-state index is 10.2. The van der Waals surface area contributed by atoms with Crippen molar-refractivity contribution < 1.29 is 13.4 Å². The summed E-state index contributed by atoms with van der Waals surface area (Å²) in [4.78, 5) is 3.90. The van der Waals surface area contributed by atoms with Gasteiger partial charge in [0.05, 0.1) is 5.28 Å². The van der Waals surface area contributed by atoms with Crippen LogP contribution in [0, 0.1) is 0 Å². The molecule has 0 aromatic rings. The van der Waals surface area contributed by atoms with Gasteiger partial charge in [-0.1, -0.05) is 5.59 Å². The molecule has 0 spiro atoms. The third kappa shape index (κ3) is 1.60. The highest BCUT2D eigenvalue weighted by molar-refractivity contribution is 7.88. The first-order valence-electron chi connectivity index (χ1n) is 1.71. The average Bonchev–Trinajstić information content (AvgIpc) is 1.92. The number of rotatable bonds is 0. The lowest BCUT2D eigenvalue weighted by molar-refractivity contribution is 0.0334. The molecule has 0 fully saturated rings. The molecule has 0 amide bonds. The second-order valence-corrected chi connectivity index (χ2v) is 2.20. The first-order valence-corrected chi connectivity index (χ1v) is 3.11. The predicted molar refractivity (Wildman–Crippen MR) is 22.9 cm³/mol. The van der Waals surface area contributed by atoms with Gasteiger partial charge in [-0.15, -0.1) is 0 Å². The van der Waals surface area contributed by atoms with Crippen LogP contribution < -0.4 is 5.59 Å². The fourth-order valence-corrected chi connectivity index (χ4v) is 0.467. The predicted octanol–water partition coefficient (Wildman–Crippen LogP) is -0.500. The van der Waals surface area contributed by atoms with Crippen LogP contribution in [0.15, 0.2) is 19.5 Å². The van der Waals surface area contributed by atoms with Crippen molar-refractivity contribution in [3.8, 4) is 0 Å². The van der Waals surface area contributed by atoms with Crippen molar-refractivity contribution in [1.82, 2.24) is 5.59 Å². The van der Waals surface area contributed by atoms with E-state index in [-0.39, 0.29) is 0 Å². The molecule has 0 unspecified atom stereocenters. The number of nitrogens with zero attached hydrogens (tertiary/aromatic N) is 4. The summed E-state index contributed by atoms with van der Waals surface area (Å²) in [6.07, 6.45) is 0. The van der Waals surface area contributed by atoms with Gasteiger partial charge in [0.2, 0.25) is 0 Å². The van der Waals surface area contributed by atoms with Gasteiger partial charge in [-0.3, -0.25) is 0 Å². The lowest BCUT2D eigenvalue weighted by Crippen LogP contribution is -1.97. The largest absolute Gasteiger partial charge is 0.402 e. The zero-order valence-electron chi connectivity index (χ0n) is 3.92. The van der Waals surface area contributed by atoms with E-state index < -0.39 is 10.2 Å². The van der Waals surface area contributed by atoms with E-state index in [2.05, 4.69) is 24.5 Å². The van der Waals surface area contributed by atoms with Gasteiger partial charge in [0.1, 0.15) is 0 Å². The van der Waals surface area contributed by atoms with Gasteiger partial charge in [-0.2, -0.15) is 8.42 Å². The van der Waals surface area contributed by atoms with Crippen molar-refractivity contribution in [2.24, 2.45) is 19.5 Å². The Morgan fingerprint density at radius 2 is 2.11 bits per heavy atom. The molecule has 9 heteroatoms. The van der Waals surface area contributed by atoms with Gasteiger partial charge < -0.3 is 0 Å². The summed E-state index contributed by atoms with van der Waals surface area (Å²) in [5.74, 6) is 0. The second-order valence-electron chi connectivity index (χ2n) is 0.975. The van der Waals surface area contributed by atoms with Crippen LogP contribution in [0.3, 0.4) is 0 Å². The topological polar surface area (TPSA) is 105 Å². The second kappa shape index (κ2) is 1.93. The van der Waals surface area contributed by atoms with E-state index in [1.165, 1.54) is 0 Å². The molecule has 1 rings (SSSR count). The SMILES string of the molecule is O=S1(=O)N=NNON=N1. The fraction of sp³-hybridized carbons (Fsp3) is 0. The maximum atomic E-state index is 10.2. The molecule has 0 saturated carbocycles. The first kappa shape index (κ1) is 5.88. The standard InChI is InChI=1S/HN5O3S/c6-9(7)4-1-2-8-3-5-9/h(H,2,4). The van der Waals surface area contributed by atoms with Crippen LogP contribution in [0.5, 0.6) is 0 Å². The van der Waals surface area contributed by atoms with E-state index in [1.807, 2.05) is 0 Å². The Morgan fingerprint density at radius 3 is 2.89 bits per heavy atom. The first-order chi connectivity index (χ1) is 4.21. The van der Waals surface area contributed by atoms with Crippen LogP contribution in [-0.4, -0.2) is 8.42 Å². The normalized spacial score (nSPS) is 21.8. The van der Waals surface area contributed by atoms with E-state index >= 15 is 0 Å². The molecule has 0 aromatic carbocycles. The molecule has 50 valence electrons. The van der Waals surface area contributed by atoms with Gasteiger partial charge in [-0.25, -0.2) is 4.94 Å². The van der Waals surface area contributed by atoms with E-state index in [0.29, 0.717) is 0 Å². The highest BCUT2D eigenvalue weighted by atomic mass is 32.2. The number of hydrogen-bond acceptors (Lipinski definition) is 6. The van der Waals surface area contributed by atoms with Gasteiger partial charge in [0, 0.05) is 4.52 Å². The van der Waals surface area contributed by atoms with Crippen molar-refractivity contribution in [2.45, 2.75) is 0 Å².